The number of benzene rings is 4. The fourth-order valence-electron chi connectivity index (χ4n) is 4.02. The zero-order valence-electron chi connectivity index (χ0n) is 19.4. The molecule has 1 heterocycles. The second-order valence-corrected chi connectivity index (χ2v) is 10.5. The van der Waals surface area contributed by atoms with Crippen molar-refractivity contribution < 1.29 is 24.2 Å². The predicted molar refractivity (Wildman–Crippen MR) is 152 cm³/mol. The van der Waals surface area contributed by atoms with Gasteiger partial charge >= 0.3 is 5.97 Å². The minimum atomic E-state index is -0.969. The molecule has 0 aliphatic carbocycles. The van der Waals surface area contributed by atoms with Gasteiger partial charge in [-0.25, -0.2) is 4.79 Å². The first-order valence-corrected chi connectivity index (χ1v) is 13.2. The number of fused-ring (bicyclic) bond motifs is 1. The topological polar surface area (TPSA) is 83.9 Å². The van der Waals surface area contributed by atoms with Gasteiger partial charge in [-0.2, -0.15) is 0 Å². The van der Waals surface area contributed by atoms with Crippen molar-refractivity contribution in [3.63, 3.8) is 0 Å². The van der Waals surface area contributed by atoms with Crippen LogP contribution in [0.3, 0.4) is 0 Å². The Labute approximate surface area is 231 Å². The number of aromatic carboxylic acids is 1. The molecule has 4 aromatic carbocycles. The highest BCUT2D eigenvalue weighted by molar-refractivity contribution is 14.1. The van der Waals surface area contributed by atoms with E-state index in [0.717, 1.165) is 42.8 Å². The first-order valence-electron chi connectivity index (χ1n) is 11.4. The highest BCUT2D eigenvalue weighted by Crippen LogP contribution is 2.35. The van der Waals surface area contributed by atoms with Crippen molar-refractivity contribution in [2.75, 3.05) is 0 Å². The number of ether oxygens (including phenoxy) is 1. The Bertz CT molecular complexity index is 1560. The lowest BCUT2D eigenvalue weighted by atomic mass is 10.0. The molecule has 0 bridgehead atoms. The van der Waals surface area contributed by atoms with Crippen LogP contribution < -0.4 is 4.74 Å². The van der Waals surface area contributed by atoms with Crippen molar-refractivity contribution in [2.24, 2.45) is 0 Å². The monoisotopic (exact) mass is 621 g/mol. The molecule has 0 atom stereocenters. The van der Waals surface area contributed by atoms with Crippen LogP contribution in [0, 0.1) is 3.57 Å². The SMILES string of the molecule is O=C(O)c1ccc(COc2ccc(/C=C3/SC(=O)N(Cc4cccc5ccccc45)C3=O)cc2I)cc1. The number of thioether (sulfide) groups is 1. The van der Waals surface area contributed by atoms with E-state index in [2.05, 4.69) is 22.6 Å². The number of carboxylic acids is 1. The number of carbonyl (C=O) groups excluding carboxylic acids is 2. The van der Waals surface area contributed by atoms with Crippen molar-refractivity contribution in [3.8, 4) is 5.75 Å². The molecule has 8 heteroatoms. The minimum Gasteiger partial charge on any atom is -0.488 e. The Morgan fingerprint density at radius 1 is 0.973 bits per heavy atom. The molecule has 184 valence electrons. The van der Waals surface area contributed by atoms with Crippen LogP contribution in [0.2, 0.25) is 0 Å². The molecular weight excluding hydrogens is 601 g/mol. The number of hydrogen-bond acceptors (Lipinski definition) is 5. The second kappa shape index (κ2) is 10.8. The molecule has 0 radical (unpaired) electrons. The summed E-state index contributed by atoms with van der Waals surface area (Å²) in [7, 11) is 0. The molecule has 0 saturated carbocycles. The normalized spacial score (nSPS) is 14.5. The molecule has 37 heavy (non-hydrogen) atoms. The van der Waals surface area contributed by atoms with Crippen LogP contribution in [-0.2, 0) is 17.9 Å². The number of carbonyl (C=O) groups is 3. The van der Waals surface area contributed by atoms with Gasteiger partial charge in [0.15, 0.2) is 0 Å². The van der Waals surface area contributed by atoms with Gasteiger partial charge in [0.25, 0.3) is 11.1 Å². The minimum absolute atomic E-state index is 0.223. The zero-order valence-corrected chi connectivity index (χ0v) is 22.4. The number of imide groups is 1. The van der Waals surface area contributed by atoms with Gasteiger partial charge in [0.1, 0.15) is 12.4 Å². The summed E-state index contributed by atoms with van der Waals surface area (Å²) in [5.41, 5.74) is 2.79. The van der Waals surface area contributed by atoms with Crippen LogP contribution in [-0.4, -0.2) is 27.1 Å². The van der Waals surface area contributed by atoms with E-state index in [4.69, 9.17) is 9.84 Å². The summed E-state index contributed by atoms with van der Waals surface area (Å²) in [4.78, 5) is 38.5. The van der Waals surface area contributed by atoms with E-state index in [9.17, 15) is 14.4 Å². The molecule has 4 aromatic rings. The van der Waals surface area contributed by atoms with Gasteiger partial charge in [-0.05, 0) is 92.2 Å². The third-order valence-electron chi connectivity index (χ3n) is 5.93. The fraction of sp³-hybridized carbons (Fsp3) is 0.0690. The smallest absolute Gasteiger partial charge is 0.335 e. The van der Waals surface area contributed by atoms with Crippen LogP contribution >= 0.6 is 34.4 Å². The highest BCUT2D eigenvalue weighted by Gasteiger charge is 2.35. The number of nitrogens with zero attached hydrogens (tertiary/aromatic N) is 1. The number of carboxylic acid groups (broad SMARTS) is 1. The second-order valence-electron chi connectivity index (χ2n) is 8.39. The number of halogens is 1. The first kappa shape index (κ1) is 25.0. The number of amides is 2. The van der Waals surface area contributed by atoms with E-state index in [0.29, 0.717) is 17.3 Å². The van der Waals surface area contributed by atoms with Crippen molar-refractivity contribution in [2.45, 2.75) is 13.2 Å². The highest BCUT2D eigenvalue weighted by atomic mass is 127. The van der Waals surface area contributed by atoms with Crippen LogP contribution in [0.25, 0.3) is 16.8 Å². The summed E-state index contributed by atoms with van der Waals surface area (Å²) in [6.07, 6.45) is 1.73. The molecule has 1 aliphatic heterocycles. The van der Waals surface area contributed by atoms with Crippen LogP contribution in [0.1, 0.15) is 27.0 Å². The number of hydrogen-bond donors (Lipinski definition) is 1. The van der Waals surface area contributed by atoms with Crippen molar-refractivity contribution in [3.05, 3.63) is 116 Å². The van der Waals surface area contributed by atoms with E-state index < -0.39 is 5.97 Å². The molecule has 5 rings (SSSR count). The summed E-state index contributed by atoms with van der Waals surface area (Å²) in [5, 5.41) is 10.8. The van der Waals surface area contributed by atoms with E-state index in [1.165, 1.54) is 4.90 Å². The predicted octanol–water partition coefficient (Wildman–Crippen LogP) is 6.96. The van der Waals surface area contributed by atoms with Gasteiger partial charge in [0.05, 0.1) is 20.6 Å². The molecule has 0 spiro atoms. The molecule has 1 saturated heterocycles. The maximum atomic E-state index is 13.1. The molecule has 0 aromatic heterocycles. The van der Waals surface area contributed by atoms with Gasteiger partial charge in [-0.3, -0.25) is 14.5 Å². The van der Waals surface area contributed by atoms with Gasteiger partial charge < -0.3 is 9.84 Å². The lowest BCUT2D eigenvalue weighted by Crippen LogP contribution is -2.27. The Kier molecular flexibility index (Phi) is 7.29. The van der Waals surface area contributed by atoms with E-state index in [1.807, 2.05) is 60.7 Å². The molecule has 0 unspecified atom stereocenters. The van der Waals surface area contributed by atoms with Gasteiger partial charge in [-0.15, -0.1) is 0 Å². The molecule has 1 N–H and O–H groups in total. The summed E-state index contributed by atoms with van der Waals surface area (Å²) in [6.45, 7) is 0.517. The maximum absolute atomic E-state index is 13.1. The average Bonchev–Trinajstić information content (AvgIpc) is 3.16. The first-order chi connectivity index (χ1) is 17.9. The van der Waals surface area contributed by atoms with Crippen LogP contribution in [0.5, 0.6) is 5.75 Å². The standard InChI is InChI=1S/C29H20INO5S/c30-24-14-19(10-13-25(24)36-17-18-8-11-21(12-9-18)28(33)34)15-26-27(32)31(29(35)37-26)16-22-6-3-5-20-4-1-2-7-23(20)22/h1-15H,16-17H2,(H,33,34)/b26-15+. The van der Waals surface area contributed by atoms with E-state index in [-0.39, 0.29) is 23.3 Å². The molecule has 6 nitrogen and oxygen atoms in total. The fourth-order valence-corrected chi connectivity index (χ4v) is 5.55. The lowest BCUT2D eigenvalue weighted by molar-refractivity contribution is -0.123. The lowest BCUT2D eigenvalue weighted by Gasteiger charge is -2.14. The average molecular weight is 621 g/mol. The third kappa shape index (κ3) is 5.55. The largest absolute Gasteiger partial charge is 0.488 e. The van der Waals surface area contributed by atoms with Crippen LogP contribution in [0.4, 0.5) is 4.79 Å². The molecular formula is C29H20INO5S. The van der Waals surface area contributed by atoms with Gasteiger partial charge in [-0.1, -0.05) is 60.7 Å². The molecule has 1 fully saturated rings. The number of rotatable bonds is 7. The summed E-state index contributed by atoms with van der Waals surface area (Å²) in [5.74, 6) is -0.601. The Balaban J connectivity index is 1.28. The van der Waals surface area contributed by atoms with E-state index >= 15 is 0 Å². The Morgan fingerprint density at radius 3 is 2.49 bits per heavy atom. The third-order valence-corrected chi connectivity index (χ3v) is 7.68. The molecule has 1 aliphatic rings. The summed E-state index contributed by atoms with van der Waals surface area (Å²) < 4.78 is 6.75. The molecule has 2 amide bonds. The summed E-state index contributed by atoms with van der Waals surface area (Å²) in [6, 6.07) is 25.9. The quantitative estimate of drug-likeness (QED) is 0.178. The van der Waals surface area contributed by atoms with Crippen molar-refractivity contribution in [1.29, 1.82) is 0 Å². The van der Waals surface area contributed by atoms with Crippen LogP contribution in [0.15, 0.2) is 89.8 Å². The Morgan fingerprint density at radius 2 is 1.73 bits per heavy atom. The van der Waals surface area contributed by atoms with E-state index in [1.54, 1.807) is 30.3 Å². The van der Waals surface area contributed by atoms with Crippen molar-refractivity contribution in [1.82, 2.24) is 4.90 Å². The zero-order chi connectivity index (χ0) is 25.9. The summed E-state index contributed by atoms with van der Waals surface area (Å²) >= 11 is 3.11. The van der Waals surface area contributed by atoms with Gasteiger partial charge in [0, 0.05) is 0 Å². The van der Waals surface area contributed by atoms with Crippen molar-refractivity contribution >= 4 is 68.3 Å². The Hall–Kier alpha value is -3.63. The maximum Gasteiger partial charge on any atom is 0.335 e. The van der Waals surface area contributed by atoms with Gasteiger partial charge in [0.2, 0.25) is 0 Å².